The zero-order valence-corrected chi connectivity index (χ0v) is 21.1. The highest BCUT2D eigenvalue weighted by Crippen LogP contribution is 2.32. The first kappa shape index (κ1) is 26.4. The second kappa shape index (κ2) is 15.9. The Hall–Kier alpha value is -2.86. The van der Waals surface area contributed by atoms with Crippen molar-refractivity contribution >= 4 is 0 Å². The molecule has 0 heteroatoms. The van der Waals surface area contributed by atoms with E-state index in [1.54, 1.807) is 0 Å². The van der Waals surface area contributed by atoms with Crippen LogP contribution in [0.3, 0.4) is 0 Å². The van der Waals surface area contributed by atoms with E-state index in [-0.39, 0.29) is 0 Å². The molecule has 0 N–H and O–H groups in total. The van der Waals surface area contributed by atoms with Gasteiger partial charge in [0.1, 0.15) is 0 Å². The number of hydrogen-bond acceptors (Lipinski definition) is 0. The van der Waals surface area contributed by atoms with Crippen molar-refractivity contribution in [3.05, 3.63) is 131 Å². The molecule has 174 valence electrons. The average molecular weight is 439 g/mol. The predicted molar refractivity (Wildman–Crippen MR) is 147 cm³/mol. The van der Waals surface area contributed by atoms with Gasteiger partial charge in [0.2, 0.25) is 0 Å². The summed E-state index contributed by atoms with van der Waals surface area (Å²) in [5.41, 5.74) is 5.79. The van der Waals surface area contributed by atoms with Crippen LogP contribution in [0.15, 0.2) is 115 Å². The van der Waals surface area contributed by atoms with Crippen molar-refractivity contribution < 1.29 is 0 Å². The fraction of sp³-hybridized carbons (Fsp3) is 0.333. The minimum atomic E-state index is 0.535. The molecular weight excluding hydrogens is 396 g/mol. The summed E-state index contributed by atoms with van der Waals surface area (Å²) in [5, 5.41) is 0. The molecule has 0 nitrogen and oxygen atoms in total. The summed E-state index contributed by atoms with van der Waals surface area (Å²) in [6.45, 7) is 8.51. The quantitative estimate of drug-likeness (QED) is 0.344. The lowest BCUT2D eigenvalue weighted by Crippen LogP contribution is -2.02. The Bertz CT molecular complexity index is 880. The van der Waals surface area contributed by atoms with Gasteiger partial charge in [0.25, 0.3) is 0 Å². The molecule has 0 aromatic heterocycles. The molecule has 1 unspecified atom stereocenters. The first-order chi connectivity index (χ1) is 16.3. The van der Waals surface area contributed by atoms with Crippen LogP contribution in [-0.4, -0.2) is 0 Å². The van der Waals surface area contributed by atoms with Crippen LogP contribution in [0, 0.1) is 0 Å². The van der Waals surface area contributed by atoms with Crippen LogP contribution in [0.5, 0.6) is 0 Å². The zero-order valence-electron chi connectivity index (χ0n) is 21.1. The molecule has 4 rings (SSSR count). The van der Waals surface area contributed by atoms with Crippen LogP contribution in [-0.2, 0) is 0 Å². The number of benzene rings is 3. The van der Waals surface area contributed by atoms with Gasteiger partial charge >= 0.3 is 0 Å². The summed E-state index contributed by atoms with van der Waals surface area (Å²) in [5.74, 6) is 1.13. The van der Waals surface area contributed by atoms with Gasteiger partial charge in [-0.1, -0.05) is 143 Å². The summed E-state index contributed by atoms with van der Waals surface area (Å²) >= 11 is 0. The Morgan fingerprint density at radius 1 is 0.606 bits per heavy atom. The van der Waals surface area contributed by atoms with Crippen molar-refractivity contribution in [3.63, 3.8) is 0 Å². The van der Waals surface area contributed by atoms with Crippen molar-refractivity contribution in [2.45, 2.75) is 71.6 Å². The Labute approximate surface area is 203 Å². The van der Waals surface area contributed by atoms with Gasteiger partial charge in [-0.25, -0.2) is 0 Å². The molecule has 33 heavy (non-hydrogen) atoms. The van der Waals surface area contributed by atoms with E-state index in [4.69, 9.17) is 0 Å². The second-order valence-electron chi connectivity index (χ2n) is 8.22. The molecule has 0 aliphatic heterocycles. The first-order valence-corrected chi connectivity index (χ1v) is 12.8. The molecule has 0 fully saturated rings. The molecule has 1 aliphatic carbocycles. The third kappa shape index (κ3) is 8.54. The Morgan fingerprint density at radius 2 is 1.06 bits per heavy atom. The van der Waals surface area contributed by atoms with E-state index >= 15 is 0 Å². The van der Waals surface area contributed by atoms with Gasteiger partial charge in [-0.3, -0.25) is 0 Å². The lowest BCUT2D eigenvalue weighted by atomic mass is 9.85. The standard InChI is InChI=1S/C16H20.C15H16.C2H6/c1-2-9-16(14-10-5-3-6-11-14)15-12-7-4-8-13-15;1-2-15(13-9-5-3-6-10-13)14-11-7-4-8-12-14;1-2/h3,5-7,10-13,16H,2,4,8-9H2,1H3;3-12,15H,2H2,1H3;1-2H3. The van der Waals surface area contributed by atoms with Crippen molar-refractivity contribution in [2.75, 3.05) is 0 Å². The van der Waals surface area contributed by atoms with Crippen LogP contribution < -0.4 is 0 Å². The van der Waals surface area contributed by atoms with E-state index < -0.39 is 0 Å². The maximum absolute atomic E-state index is 2.41. The monoisotopic (exact) mass is 438 g/mol. The summed E-state index contributed by atoms with van der Waals surface area (Å²) in [4.78, 5) is 0. The number of hydrogen-bond donors (Lipinski definition) is 0. The lowest BCUT2D eigenvalue weighted by Gasteiger charge is -2.20. The summed E-state index contributed by atoms with van der Waals surface area (Å²) in [6.07, 6.45) is 13.1. The van der Waals surface area contributed by atoms with Gasteiger partial charge in [0.05, 0.1) is 0 Å². The van der Waals surface area contributed by atoms with Crippen molar-refractivity contribution in [1.82, 2.24) is 0 Å². The largest absolute Gasteiger partial charge is 0.0839 e. The van der Waals surface area contributed by atoms with Crippen LogP contribution >= 0.6 is 0 Å². The van der Waals surface area contributed by atoms with E-state index in [2.05, 4.69) is 123 Å². The average Bonchev–Trinajstić information content (AvgIpc) is 2.91. The maximum atomic E-state index is 2.41. The Kier molecular flexibility index (Phi) is 12.7. The molecule has 0 amide bonds. The number of allylic oxidation sites excluding steroid dienone is 4. The number of rotatable bonds is 7. The first-order valence-electron chi connectivity index (χ1n) is 12.8. The van der Waals surface area contributed by atoms with E-state index in [1.807, 2.05) is 13.8 Å². The van der Waals surface area contributed by atoms with Crippen LogP contribution in [0.25, 0.3) is 0 Å². The van der Waals surface area contributed by atoms with E-state index in [1.165, 1.54) is 47.9 Å². The zero-order chi connectivity index (χ0) is 23.7. The third-order valence-electron chi connectivity index (χ3n) is 6.02. The fourth-order valence-corrected chi connectivity index (χ4v) is 4.43. The molecule has 3 aromatic carbocycles. The fourth-order valence-electron chi connectivity index (χ4n) is 4.43. The van der Waals surface area contributed by atoms with Crippen LogP contribution in [0.1, 0.15) is 88.3 Å². The Morgan fingerprint density at radius 3 is 1.42 bits per heavy atom. The maximum Gasteiger partial charge on any atom is 0.00867 e. The highest BCUT2D eigenvalue weighted by atomic mass is 14.2. The van der Waals surface area contributed by atoms with Gasteiger partial charge in [0.15, 0.2) is 0 Å². The molecule has 0 radical (unpaired) electrons. The topological polar surface area (TPSA) is 0 Å². The van der Waals surface area contributed by atoms with Crippen LogP contribution in [0.4, 0.5) is 0 Å². The van der Waals surface area contributed by atoms with Gasteiger partial charge in [0, 0.05) is 11.8 Å². The lowest BCUT2D eigenvalue weighted by molar-refractivity contribution is 0.691. The second-order valence-corrected chi connectivity index (χ2v) is 8.22. The van der Waals surface area contributed by atoms with Crippen LogP contribution in [0.2, 0.25) is 0 Å². The van der Waals surface area contributed by atoms with E-state index in [9.17, 15) is 0 Å². The molecule has 0 heterocycles. The summed E-state index contributed by atoms with van der Waals surface area (Å²) in [7, 11) is 0. The molecule has 0 saturated heterocycles. The van der Waals surface area contributed by atoms with Crippen molar-refractivity contribution in [3.8, 4) is 0 Å². The van der Waals surface area contributed by atoms with Gasteiger partial charge in [-0.15, -0.1) is 0 Å². The molecule has 0 spiro atoms. The molecule has 3 aromatic rings. The highest BCUT2D eigenvalue weighted by molar-refractivity contribution is 5.36. The predicted octanol–water partition coefficient (Wildman–Crippen LogP) is 10.1. The van der Waals surface area contributed by atoms with E-state index in [0.29, 0.717) is 11.8 Å². The minimum absolute atomic E-state index is 0.535. The summed E-state index contributed by atoms with van der Waals surface area (Å²) in [6, 6.07) is 32.3. The van der Waals surface area contributed by atoms with Gasteiger partial charge < -0.3 is 0 Å². The molecular formula is C33H42. The third-order valence-corrected chi connectivity index (χ3v) is 6.02. The molecule has 0 bridgehead atoms. The SMILES string of the molecule is CC.CCC(c1ccccc1)c1ccccc1.CCCC(C1=CCCC=C1)c1ccccc1. The normalized spacial score (nSPS) is 13.2. The molecule has 1 atom stereocenters. The Balaban J connectivity index is 0.000000218. The minimum Gasteiger partial charge on any atom is -0.0839 e. The summed E-state index contributed by atoms with van der Waals surface area (Å²) < 4.78 is 0. The van der Waals surface area contributed by atoms with E-state index in [0.717, 1.165) is 6.42 Å². The van der Waals surface area contributed by atoms with Crippen molar-refractivity contribution in [1.29, 1.82) is 0 Å². The van der Waals surface area contributed by atoms with Crippen molar-refractivity contribution in [2.24, 2.45) is 0 Å². The smallest absolute Gasteiger partial charge is 0.00867 e. The molecule has 1 aliphatic rings. The highest BCUT2D eigenvalue weighted by Gasteiger charge is 2.14. The van der Waals surface area contributed by atoms with Gasteiger partial charge in [-0.05, 0) is 47.9 Å². The van der Waals surface area contributed by atoms with Gasteiger partial charge in [-0.2, -0.15) is 0 Å². The molecule has 0 saturated carbocycles.